The molecule has 0 fully saturated rings. The highest BCUT2D eigenvalue weighted by Crippen LogP contribution is 2.44. The Morgan fingerprint density at radius 1 is 1.38 bits per heavy atom. The van der Waals surface area contributed by atoms with Crippen LogP contribution in [0.1, 0.15) is 0 Å². The summed E-state index contributed by atoms with van der Waals surface area (Å²) < 4.78 is 11.4. The number of rotatable bonds is 0. The van der Waals surface area contributed by atoms with Gasteiger partial charge >= 0.3 is 0 Å². The number of halogens is 2. The summed E-state index contributed by atoms with van der Waals surface area (Å²) >= 11 is 9.21. The SMILES string of the molecule is Nc1cc2c(c(Br)c1Cl)OCCO2. The van der Waals surface area contributed by atoms with E-state index >= 15 is 0 Å². The quantitative estimate of drug-likeness (QED) is 0.732. The number of benzene rings is 1. The number of hydrogen-bond donors (Lipinski definition) is 1. The highest BCUT2D eigenvalue weighted by molar-refractivity contribution is 9.10. The van der Waals surface area contributed by atoms with E-state index in [-0.39, 0.29) is 0 Å². The zero-order chi connectivity index (χ0) is 9.42. The molecule has 0 atom stereocenters. The van der Waals surface area contributed by atoms with Gasteiger partial charge in [0.15, 0.2) is 11.5 Å². The maximum absolute atomic E-state index is 5.91. The Labute approximate surface area is 88.9 Å². The summed E-state index contributed by atoms with van der Waals surface area (Å²) in [6, 6.07) is 1.67. The fourth-order valence-electron chi connectivity index (χ4n) is 1.14. The highest BCUT2D eigenvalue weighted by atomic mass is 79.9. The van der Waals surface area contributed by atoms with Gasteiger partial charge in [-0.2, -0.15) is 0 Å². The number of nitrogen functional groups attached to an aromatic ring is 1. The van der Waals surface area contributed by atoms with E-state index in [1.165, 1.54) is 0 Å². The van der Waals surface area contributed by atoms with Gasteiger partial charge in [-0.05, 0) is 15.9 Å². The Balaban J connectivity index is 2.60. The molecular weight excluding hydrogens is 257 g/mol. The monoisotopic (exact) mass is 263 g/mol. The van der Waals surface area contributed by atoms with Gasteiger partial charge in [-0.15, -0.1) is 0 Å². The lowest BCUT2D eigenvalue weighted by molar-refractivity contribution is 0.170. The zero-order valence-corrected chi connectivity index (χ0v) is 8.98. The number of anilines is 1. The van der Waals surface area contributed by atoms with Gasteiger partial charge in [-0.25, -0.2) is 0 Å². The molecule has 2 N–H and O–H groups in total. The summed E-state index contributed by atoms with van der Waals surface area (Å²) in [5.74, 6) is 1.27. The third-order valence-corrected chi connectivity index (χ3v) is 3.14. The molecule has 0 bridgehead atoms. The molecule has 1 aliphatic heterocycles. The van der Waals surface area contributed by atoms with E-state index in [1.54, 1.807) is 6.07 Å². The Bertz CT molecular complexity index is 356. The predicted octanol–water partition coefficient (Wildman–Crippen LogP) is 2.46. The van der Waals surface area contributed by atoms with Gasteiger partial charge in [0.2, 0.25) is 0 Å². The first-order valence-electron chi connectivity index (χ1n) is 3.73. The van der Waals surface area contributed by atoms with Crippen LogP contribution in [0.15, 0.2) is 10.5 Å². The van der Waals surface area contributed by atoms with Gasteiger partial charge < -0.3 is 15.2 Å². The van der Waals surface area contributed by atoms with Gasteiger partial charge in [0.25, 0.3) is 0 Å². The van der Waals surface area contributed by atoms with Crippen LogP contribution in [0.5, 0.6) is 11.5 Å². The lowest BCUT2D eigenvalue weighted by atomic mass is 10.2. The van der Waals surface area contributed by atoms with Crippen LogP contribution in [0.2, 0.25) is 5.02 Å². The summed E-state index contributed by atoms with van der Waals surface area (Å²) in [5.41, 5.74) is 6.13. The molecule has 70 valence electrons. The second-order valence-corrected chi connectivity index (χ2v) is 3.79. The van der Waals surface area contributed by atoms with Crippen LogP contribution in [-0.2, 0) is 0 Å². The van der Waals surface area contributed by atoms with Crippen molar-refractivity contribution < 1.29 is 9.47 Å². The molecule has 1 aromatic rings. The Kier molecular flexibility index (Phi) is 2.26. The van der Waals surface area contributed by atoms with Gasteiger partial charge in [0.1, 0.15) is 13.2 Å². The van der Waals surface area contributed by atoms with Crippen LogP contribution in [-0.4, -0.2) is 13.2 Å². The molecule has 0 aromatic heterocycles. The van der Waals surface area contributed by atoms with Crippen LogP contribution in [0, 0.1) is 0 Å². The molecule has 0 amide bonds. The lowest BCUT2D eigenvalue weighted by Gasteiger charge is -2.20. The molecule has 1 heterocycles. The molecule has 13 heavy (non-hydrogen) atoms. The summed E-state index contributed by atoms with van der Waals surface area (Å²) in [4.78, 5) is 0. The number of hydrogen-bond acceptors (Lipinski definition) is 3. The number of ether oxygens (including phenoxy) is 2. The summed E-state index contributed by atoms with van der Waals surface area (Å²) in [7, 11) is 0. The van der Waals surface area contributed by atoms with Crippen LogP contribution in [0.25, 0.3) is 0 Å². The van der Waals surface area contributed by atoms with Crippen molar-refractivity contribution in [1.82, 2.24) is 0 Å². The smallest absolute Gasteiger partial charge is 0.177 e. The minimum atomic E-state index is 0.462. The van der Waals surface area contributed by atoms with Crippen molar-refractivity contribution in [2.24, 2.45) is 0 Å². The first kappa shape index (κ1) is 8.97. The molecule has 2 rings (SSSR count). The van der Waals surface area contributed by atoms with E-state index in [4.69, 9.17) is 26.8 Å². The molecule has 0 spiro atoms. The van der Waals surface area contributed by atoms with Crippen LogP contribution in [0.4, 0.5) is 5.69 Å². The Hall–Kier alpha value is -0.610. The van der Waals surface area contributed by atoms with Crippen molar-refractivity contribution in [3.05, 3.63) is 15.6 Å². The summed E-state index contributed by atoms with van der Waals surface area (Å²) in [5, 5.41) is 0.462. The molecular formula is C8H7BrClNO2. The molecule has 5 heteroatoms. The molecule has 1 aromatic carbocycles. The molecule has 0 saturated heterocycles. The zero-order valence-electron chi connectivity index (χ0n) is 6.64. The van der Waals surface area contributed by atoms with Crippen LogP contribution in [0.3, 0.4) is 0 Å². The fraction of sp³-hybridized carbons (Fsp3) is 0.250. The van der Waals surface area contributed by atoms with Gasteiger partial charge in [0.05, 0.1) is 15.2 Å². The van der Waals surface area contributed by atoms with Crippen molar-refractivity contribution in [1.29, 1.82) is 0 Å². The van der Waals surface area contributed by atoms with E-state index in [1.807, 2.05) is 0 Å². The topological polar surface area (TPSA) is 44.5 Å². The molecule has 0 unspecified atom stereocenters. The van der Waals surface area contributed by atoms with Gasteiger partial charge in [0, 0.05) is 6.07 Å². The van der Waals surface area contributed by atoms with Crippen molar-refractivity contribution in [2.75, 3.05) is 18.9 Å². The highest BCUT2D eigenvalue weighted by Gasteiger charge is 2.19. The van der Waals surface area contributed by atoms with Crippen LogP contribution < -0.4 is 15.2 Å². The largest absolute Gasteiger partial charge is 0.486 e. The van der Waals surface area contributed by atoms with E-state index < -0.39 is 0 Å². The second kappa shape index (κ2) is 3.27. The first-order chi connectivity index (χ1) is 6.20. The van der Waals surface area contributed by atoms with Gasteiger partial charge in [-0.1, -0.05) is 11.6 Å². The third kappa shape index (κ3) is 1.44. The summed E-state index contributed by atoms with van der Waals surface area (Å²) in [6.07, 6.45) is 0. The standard InChI is InChI=1S/C8H7BrClNO2/c9-6-7(10)4(11)3-5-8(6)13-2-1-12-5/h3H,1-2,11H2. The minimum absolute atomic E-state index is 0.462. The number of nitrogens with two attached hydrogens (primary N) is 1. The normalized spacial score (nSPS) is 14.3. The Morgan fingerprint density at radius 2 is 2.08 bits per heavy atom. The van der Waals surface area contributed by atoms with E-state index in [0.29, 0.717) is 39.9 Å². The molecule has 3 nitrogen and oxygen atoms in total. The van der Waals surface area contributed by atoms with Crippen molar-refractivity contribution in [3.63, 3.8) is 0 Å². The van der Waals surface area contributed by atoms with Crippen LogP contribution >= 0.6 is 27.5 Å². The molecule has 1 aliphatic rings. The molecule has 0 aliphatic carbocycles. The number of fused-ring (bicyclic) bond motifs is 1. The predicted molar refractivity (Wildman–Crippen MR) is 54.6 cm³/mol. The second-order valence-electron chi connectivity index (χ2n) is 2.62. The van der Waals surface area contributed by atoms with E-state index in [2.05, 4.69) is 15.9 Å². The van der Waals surface area contributed by atoms with Gasteiger partial charge in [-0.3, -0.25) is 0 Å². The average molecular weight is 265 g/mol. The molecule has 0 radical (unpaired) electrons. The van der Waals surface area contributed by atoms with Crippen molar-refractivity contribution >= 4 is 33.2 Å². The maximum Gasteiger partial charge on any atom is 0.177 e. The Morgan fingerprint density at radius 3 is 2.85 bits per heavy atom. The third-order valence-electron chi connectivity index (χ3n) is 1.74. The fourth-order valence-corrected chi connectivity index (χ4v) is 1.82. The molecule has 0 saturated carbocycles. The minimum Gasteiger partial charge on any atom is -0.486 e. The average Bonchev–Trinajstić information content (AvgIpc) is 2.15. The van der Waals surface area contributed by atoms with Crippen molar-refractivity contribution in [2.45, 2.75) is 0 Å². The van der Waals surface area contributed by atoms with E-state index in [0.717, 1.165) is 0 Å². The lowest BCUT2D eigenvalue weighted by Crippen LogP contribution is -2.16. The first-order valence-corrected chi connectivity index (χ1v) is 4.90. The van der Waals surface area contributed by atoms with Crippen molar-refractivity contribution in [3.8, 4) is 11.5 Å². The summed E-state index contributed by atoms with van der Waals surface area (Å²) in [6.45, 7) is 1.08. The maximum atomic E-state index is 5.91. The van der Waals surface area contributed by atoms with E-state index in [9.17, 15) is 0 Å².